The first-order valence-corrected chi connectivity index (χ1v) is 8.50. The van der Waals surface area contributed by atoms with Crippen molar-refractivity contribution in [1.82, 2.24) is 4.90 Å². The third-order valence-corrected chi connectivity index (χ3v) is 4.21. The highest BCUT2D eigenvalue weighted by atomic mass is 16.2. The predicted molar refractivity (Wildman–Crippen MR) is 91.5 cm³/mol. The number of benzene rings is 1. The predicted octanol–water partition coefficient (Wildman–Crippen LogP) is 0.851. The van der Waals surface area contributed by atoms with Gasteiger partial charge in [-0.05, 0) is 31.9 Å². The lowest BCUT2D eigenvalue weighted by molar-refractivity contribution is -0.862. The fourth-order valence-electron chi connectivity index (χ4n) is 2.87. The molecule has 1 fully saturated rings. The van der Waals surface area contributed by atoms with Gasteiger partial charge >= 0.3 is 0 Å². The summed E-state index contributed by atoms with van der Waals surface area (Å²) >= 11 is 0. The van der Waals surface area contributed by atoms with Crippen LogP contribution in [0.3, 0.4) is 0 Å². The van der Waals surface area contributed by atoms with E-state index in [0.29, 0.717) is 13.1 Å². The fraction of sp³-hybridized carbons (Fsp3) is 0.556. The molecule has 0 saturated carbocycles. The van der Waals surface area contributed by atoms with Crippen molar-refractivity contribution in [2.24, 2.45) is 0 Å². The van der Waals surface area contributed by atoms with Crippen molar-refractivity contribution < 1.29 is 14.5 Å². The van der Waals surface area contributed by atoms with Crippen molar-refractivity contribution in [3.63, 3.8) is 0 Å². The van der Waals surface area contributed by atoms with Crippen molar-refractivity contribution in [2.45, 2.75) is 32.6 Å². The van der Waals surface area contributed by atoms with Crippen LogP contribution in [0.15, 0.2) is 24.3 Å². The molecule has 1 aliphatic rings. The lowest BCUT2D eigenvalue weighted by Gasteiger charge is -2.22. The van der Waals surface area contributed by atoms with E-state index in [4.69, 9.17) is 0 Å². The molecule has 0 spiro atoms. The standard InChI is InChI=1S/C18H27N3O2/c1-15-7-9-16(10-8-15)19-17(22)13-20(2)14-18(23)21-11-5-3-4-6-12-21/h7-10H,3-6,11-14H2,1-2H3,(H,19,22)/p+1. The number of nitrogens with one attached hydrogen (secondary N) is 2. The maximum Gasteiger partial charge on any atom is 0.279 e. The van der Waals surface area contributed by atoms with Gasteiger partial charge in [-0.25, -0.2) is 0 Å². The van der Waals surface area contributed by atoms with E-state index in [1.165, 1.54) is 12.8 Å². The minimum Gasteiger partial charge on any atom is -0.338 e. The van der Waals surface area contributed by atoms with E-state index in [1.807, 2.05) is 43.1 Å². The first-order valence-electron chi connectivity index (χ1n) is 8.50. The van der Waals surface area contributed by atoms with Gasteiger partial charge < -0.3 is 15.1 Å². The molecule has 2 N–H and O–H groups in total. The molecule has 5 nitrogen and oxygen atoms in total. The summed E-state index contributed by atoms with van der Waals surface area (Å²) in [6, 6.07) is 7.72. The Morgan fingerprint density at radius 2 is 1.65 bits per heavy atom. The Morgan fingerprint density at radius 1 is 1.04 bits per heavy atom. The normalized spacial score (nSPS) is 16.5. The molecule has 126 valence electrons. The molecule has 0 radical (unpaired) electrons. The number of carbonyl (C=O) groups excluding carboxylic acids is 2. The number of rotatable bonds is 5. The van der Waals surface area contributed by atoms with E-state index >= 15 is 0 Å². The van der Waals surface area contributed by atoms with Crippen LogP contribution >= 0.6 is 0 Å². The Morgan fingerprint density at radius 3 is 2.26 bits per heavy atom. The molecule has 1 atom stereocenters. The molecule has 0 bridgehead atoms. The van der Waals surface area contributed by atoms with E-state index in [1.54, 1.807) is 0 Å². The second-order valence-corrected chi connectivity index (χ2v) is 6.52. The maximum absolute atomic E-state index is 12.3. The van der Waals surface area contributed by atoms with E-state index in [0.717, 1.165) is 42.1 Å². The molecule has 0 aliphatic carbocycles. The summed E-state index contributed by atoms with van der Waals surface area (Å²) in [4.78, 5) is 27.2. The molecule has 1 aromatic rings. The largest absolute Gasteiger partial charge is 0.338 e. The first-order chi connectivity index (χ1) is 11.0. The number of nitrogens with zero attached hydrogens (tertiary/aromatic N) is 1. The molecule has 5 heteroatoms. The molecule has 1 aliphatic heterocycles. The first kappa shape index (κ1) is 17.5. The lowest BCUT2D eigenvalue weighted by Crippen LogP contribution is -3.11. The quantitative estimate of drug-likeness (QED) is 0.846. The van der Waals surface area contributed by atoms with Crippen LogP contribution in [0.1, 0.15) is 31.2 Å². The zero-order valence-corrected chi connectivity index (χ0v) is 14.2. The van der Waals surface area contributed by atoms with Crippen LogP contribution in [0, 0.1) is 6.92 Å². The van der Waals surface area contributed by atoms with Gasteiger partial charge in [-0.1, -0.05) is 30.5 Å². The summed E-state index contributed by atoms with van der Waals surface area (Å²) in [5.41, 5.74) is 1.96. The summed E-state index contributed by atoms with van der Waals surface area (Å²) in [7, 11) is 1.89. The molecule has 1 aromatic carbocycles. The summed E-state index contributed by atoms with van der Waals surface area (Å²) < 4.78 is 0. The van der Waals surface area contributed by atoms with E-state index in [2.05, 4.69) is 5.32 Å². The van der Waals surface area contributed by atoms with Crippen molar-refractivity contribution in [3.05, 3.63) is 29.8 Å². The van der Waals surface area contributed by atoms with Gasteiger partial charge in [0.15, 0.2) is 13.1 Å². The van der Waals surface area contributed by atoms with Gasteiger partial charge in [-0.3, -0.25) is 9.59 Å². The van der Waals surface area contributed by atoms with Crippen LogP contribution < -0.4 is 10.2 Å². The monoisotopic (exact) mass is 318 g/mol. The van der Waals surface area contributed by atoms with Gasteiger partial charge in [0, 0.05) is 18.8 Å². The Labute approximate surface area is 138 Å². The molecule has 23 heavy (non-hydrogen) atoms. The Hall–Kier alpha value is -1.88. The minimum atomic E-state index is -0.0602. The highest BCUT2D eigenvalue weighted by Gasteiger charge is 2.20. The van der Waals surface area contributed by atoms with Crippen LogP contribution in [0.4, 0.5) is 5.69 Å². The van der Waals surface area contributed by atoms with Crippen LogP contribution in [-0.4, -0.2) is 49.9 Å². The SMILES string of the molecule is Cc1ccc(NC(=O)C[NH+](C)CC(=O)N2CCCCCC2)cc1. The fourth-order valence-corrected chi connectivity index (χ4v) is 2.87. The van der Waals surface area contributed by atoms with Gasteiger partial charge in [-0.2, -0.15) is 0 Å². The minimum absolute atomic E-state index is 0.0602. The second-order valence-electron chi connectivity index (χ2n) is 6.52. The molecule has 1 heterocycles. The molecule has 1 saturated heterocycles. The molecule has 2 amide bonds. The van der Waals surface area contributed by atoms with Crippen LogP contribution in [-0.2, 0) is 9.59 Å². The van der Waals surface area contributed by atoms with Crippen LogP contribution in [0.2, 0.25) is 0 Å². The van der Waals surface area contributed by atoms with Gasteiger partial charge in [-0.15, -0.1) is 0 Å². The van der Waals surface area contributed by atoms with Crippen molar-refractivity contribution in [1.29, 1.82) is 0 Å². The Bertz CT molecular complexity index is 520. The molecular formula is C18H28N3O2+. The van der Waals surface area contributed by atoms with E-state index in [-0.39, 0.29) is 11.8 Å². The number of aryl methyl sites for hydroxylation is 1. The maximum atomic E-state index is 12.3. The third kappa shape index (κ3) is 6.02. The smallest absolute Gasteiger partial charge is 0.279 e. The van der Waals surface area contributed by atoms with E-state index in [9.17, 15) is 9.59 Å². The number of carbonyl (C=O) groups is 2. The highest BCUT2D eigenvalue weighted by molar-refractivity contribution is 5.91. The average molecular weight is 318 g/mol. The second kappa shape index (κ2) is 8.67. The summed E-state index contributed by atoms with van der Waals surface area (Å²) in [5, 5.41) is 2.88. The van der Waals surface area contributed by atoms with Gasteiger partial charge in [0.1, 0.15) is 0 Å². The van der Waals surface area contributed by atoms with Gasteiger partial charge in [0.05, 0.1) is 7.05 Å². The summed E-state index contributed by atoms with van der Waals surface area (Å²) in [6.45, 7) is 4.41. The summed E-state index contributed by atoms with van der Waals surface area (Å²) in [6.07, 6.45) is 4.62. The number of hydrogen-bond donors (Lipinski definition) is 2. The average Bonchev–Trinajstić information content (AvgIpc) is 2.78. The molecule has 1 unspecified atom stereocenters. The zero-order chi connectivity index (χ0) is 16.7. The number of hydrogen-bond acceptors (Lipinski definition) is 2. The number of likely N-dealkylation sites (N-methyl/N-ethyl adjacent to an activating group) is 1. The molecule has 2 rings (SSSR count). The number of quaternary nitrogens is 1. The lowest BCUT2D eigenvalue weighted by atomic mass is 10.2. The molecule has 0 aromatic heterocycles. The van der Waals surface area contributed by atoms with E-state index < -0.39 is 0 Å². The third-order valence-electron chi connectivity index (χ3n) is 4.21. The van der Waals surface area contributed by atoms with Gasteiger partial charge in [0.25, 0.3) is 11.8 Å². The number of likely N-dealkylation sites (tertiary alicyclic amines) is 1. The highest BCUT2D eigenvalue weighted by Crippen LogP contribution is 2.09. The Kier molecular flexibility index (Phi) is 6.59. The van der Waals surface area contributed by atoms with Gasteiger partial charge in [0.2, 0.25) is 0 Å². The van der Waals surface area contributed by atoms with Crippen molar-refractivity contribution in [2.75, 3.05) is 38.5 Å². The Balaban J connectivity index is 1.76. The summed E-state index contributed by atoms with van der Waals surface area (Å²) in [5.74, 6) is 0.0996. The topological polar surface area (TPSA) is 53.9 Å². The van der Waals surface area contributed by atoms with Crippen LogP contribution in [0.25, 0.3) is 0 Å². The number of amides is 2. The van der Waals surface area contributed by atoms with Crippen molar-refractivity contribution in [3.8, 4) is 0 Å². The number of anilines is 1. The van der Waals surface area contributed by atoms with Crippen LogP contribution in [0.5, 0.6) is 0 Å². The zero-order valence-electron chi connectivity index (χ0n) is 14.2. The molecular weight excluding hydrogens is 290 g/mol. The van der Waals surface area contributed by atoms with Crippen molar-refractivity contribution >= 4 is 17.5 Å².